The van der Waals surface area contributed by atoms with E-state index in [9.17, 15) is 0 Å². The lowest BCUT2D eigenvalue weighted by molar-refractivity contribution is 0.314. The molecule has 0 radical (unpaired) electrons. The highest BCUT2D eigenvalue weighted by atomic mass is 16.4. The maximum absolute atomic E-state index is 8.43. The molecule has 0 aromatic carbocycles. The molecule has 14 heavy (non-hydrogen) atoms. The Morgan fingerprint density at radius 1 is 1.71 bits per heavy atom. The van der Waals surface area contributed by atoms with E-state index in [-0.39, 0.29) is 17.4 Å². The molecule has 0 aliphatic rings. The molecule has 0 fully saturated rings. The third-order valence-electron chi connectivity index (χ3n) is 2.00. The third kappa shape index (κ3) is 4.73. The van der Waals surface area contributed by atoms with Crippen molar-refractivity contribution in [2.45, 2.75) is 45.2 Å². The van der Waals surface area contributed by atoms with Crippen molar-refractivity contribution in [3.8, 4) is 12.3 Å². The minimum absolute atomic E-state index is 0.136. The van der Waals surface area contributed by atoms with Gasteiger partial charge in [0.05, 0.1) is 5.54 Å². The SMILES string of the molecule is C#CC(C)(C)NC(CC)CC(N)=NO. The molecule has 0 bridgehead atoms. The second kappa shape index (κ2) is 5.51. The van der Waals surface area contributed by atoms with Crippen molar-refractivity contribution in [1.82, 2.24) is 5.32 Å². The normalized spacial score (nSPS) is 14.9. The monoisotopic (exact) mass is 197 g/mol. The molecule has 4 heteroatoms. The van der Waals surface area contributed by atoms with Gasteiger partial charge in [-0.05, 0) is 20.3 Å². The van der Waals surface area contributed by atoms with Crippen molar-refractivity contribution in [2.75, 3.05) is 0 Å². The average molecular weight is 197 g/mol. The van der Waals surface area contributed by atoms with Gasteiger partial charge in [0.2, 0.25) is 0 Å². The summed E-state index contributed by atoms with van der Waals surface area (Å²) in [5.74, 6) is 2.86. The summed E-state index contributed by atoms with van der Waals surface area (Å²) < 4.78 is 0. The molecule has 0 saturated heterocycles. The number of nitrogens with one attached hydrogen (secondary N) is 1. The van der Waals surface area contributed by atoms with Gasteiger partial charge in [-0.25, -0.2) is 0 Å². The molecule has 0 rings (SSSR count). The maximum Gasteiger partial charge on any atom is 0.140 e. The van der Waals surface area contributed by atoms with E-state index < -0.39 is 0 Å². The molecule has 80 valence electrons. The second-order valence-corrected chi connectivity index (χ2v) is 3.81. The molecule has 0 aliphatic heterocycles. The topological polar surface area (TPSA) is 70.6 Å². The Kier molecular flexibility index (Phi) is 5.03. The summed E-state index contributed by atoms with van der Waals surface area (Å²) in [4.78, 5) is 0. The minimum atomic E-state index is -0.365. The van der Waals surface area contributed by atoms with E-state index in [2.05, 4.69) is 16.4 Å². The van der Waals surface area contributed by atoms with Gasteiger partial charge < -0.3 is 10.9 Å². The van der Waals surface area contributed by atoms with Crippen LogP contribution in [0.3, 0.4) is 0 Å². The van der Waals surface area contributed by atoms with Gasteiger partial charge >= 0.3 is 0 Å². The summed E-state index contributed by atoms with van der Waals surface area (Å²) in [6.07, 6.45) is 6.72. The molecule has 4 N–H and O–H groups in total. The van der Waals surface area contributed by atoms with Crippen LogP contribution in [-0.2, 0) is 0 Å². The van der Waals surface area contributed by atoms with Crippen LogP contribution in [0.2, 0.25) is 0 Å². The van der Waals surface area contributed by atoms with Crippen LogP contribution in [0.15, 0.2) is 5.16 Å². The van der Waals surface area contributed by atoms with Crippen LogP contribution in [0.1, 0.15) is 33.6 Å². The molecule has 1 unspecified atom stereocenters. The molecule has 0 aromatic heterocycles. The maximum atomic E-state index is 8.43. The van der Waals surface area contributed by atoms with Crippen molar-refractivity contribution >= 4 is 5.84 Å². The summed E-state index contributed by atoms with van der Waals surface area (Å²) in [5.41, 5.74) is 5.05. The summed E-state index contributed by atoms with van der Waals surface area (Å²) in [5, 5.41) is 14.6. The van der Waals surface area contributed by atoms with E-state index in [1.54, 1.807) is 0 Å². The predicted molar refractivity (Wildman–Crippen MR) is 58.2 cm³/mol. The number of nitrogens with zero attached hydrogens (tertiary/aromatic N) is 1. The summed E-state index contributed by atoms with van der Waals surface area (Å²) in [6.45, 7) is 5.86. The Hall–Kier alpha value is -1.21. The number of hydrogen-bond acceptors (Lipinski definition) is 3. The minimum Gasteiger partial charge on any atom is -0.409 e. The average Bonchev–Trinajstić information content (AvgIpc) is 2.16. The number of rotatable bonds is 5. The van der Waals surface area contributed by atoms with Crippen LogP contribution in [0, 0.1) is 12.3 Å². The highest BCUT2D eigenvalue weighted by molar-refractivity contribution is 5.80. The highest BCUT2D eigenvalue weighted by Gasteiger charge is 2.19. The van der Waals surface area contributed by atoms with Crippen molar-refractivity contribution in [3.05, 3.63) is 0 Å². The van der Waals surface area contributed by atoms with E-state index in [0.29, 0.717) is 6.42 Å². The number of oxime groups is 1. The fourth-order valence-electron chi connectivity index (χ4n) is 1.14. The summed E-state index contributed by atoms with van der Waals surface area (Å²) in [7, 11) is 0. The number of terminal acetylenes is 1. The van der Waals surface area contributed by atoms with Crippen LogP contribution in [-0.4, -0.2) is 22.6 Å². The first-order valence-electron chi connectivity index (χ1n) is 4.67. The van der Waals surface area contributed by atoms with Gasteiger partial charge in [-0.1, -0.05) is 18.0 Å². The van der Waals surface area contributed by atoms with E-state index >= 15 is 0 Å². The predicted octanol–water partition coefficient (Wildman–Crippen LogP) is 0.903. The van der Waals surface area contributed by atoms with E-state index in [4.69, 9.17) is 17.4 Å². The Morgan fingerprint density at radius 3 is 2.64 bits per heavy atom. The number of hydrogen-bond donors (Lipinski definition) is 3. The zero-order valence-corrected chi connectivity index (χ0v) is 9.04. The first-order valence-corrected chi connectivity index (χ1v) is 4.67. The molecule has 0 aliphatic carbocycles. The van der Waals surface area contributed by atoms with Crippen molar-refractivity contribution < 1.29 is 5.21 Å². The molecule has 0 heterocycles. The van der Waals surface area contributed by atoms with Gasteiger partial charge in [0, 0.05) is 12.5 Å². The first-order chi connectivity index (χ1) is 6.45. The third-order valence-corrected chi connectivity index (χ3v) is 2.00. The summed E-state index contributed by atoms with van der Waals surface area (Å²) >= 11 is 0. The smallest absolute Gasteiger partial charge is 0.140 e. The standard InChI is InChI=1S/C10H19N3O/c1-5-8(7-9(11)13-14)12-10(3,4)6-2/h2,8,12,14H,5,7H2,1,3-4H3,(H2,11,13). The van der Waals surface area contributed by atoms with Gasteiger partial charge in [0.25, 0.3) is 0 Å². The van der Waals surface area contributed by atoms with Crippen LogP contribution >= 0.6 is 0 Å². The Balaban J connectivity index is 4.25. The van der Waals surface area contributed by atoms with Gasteiger partial charge in [0.1, 0.15) is 5.84 Å². The molecule has 4 nitrogen and oxygen atoms in total. The van der Waals surface area contributed by atoms with Crippen molar-refractivity contribution in [2.24, 2.45) is 10.9 Å². The zero-order chi connectivity index (χ0) is 11.2. The lowest BCUT2D eigenvalue weighted by Gasteiger charge is -2.26. The Labute approximate surface area is 85.6 Å². The van der Waals surface area contributed by atoms with Crippen molar-refractivity contribution in [1.29, 1.82) is 0 Å². The molecule has 0 saturated carbocycles. The number of amidine groups is 1. The zero-order valence-electron chi connectivity index (χ0n) is 9.04. The van der Waals surface area contributed by atoms with Gasteiger partial charge in [-0.3, -0.25) is 5.32 Å². The van der Waals surface area contributed by atoms with Crippen LogP contribution in [0.25, 0.3) is 0 Å². The first kappa shape index (κ1) is 12.8. The lowest BCUT2D eigenvalue weighted by atomic mass is 10.0. The molecule has 1 atom stereocenters. The lowest BCUT2D eigenvalue weighted by Crippen LogP contribution is -2.46. The largest absolute Gasteiger partial charge is 0.409 e. The van der Waals surface area contributed by atoms with Gasteiger partial charge in [0.15, 0.2) is 0 Å². The van der Waals surface area contributed by atoms with Gasteiger partial charge in [-0.15, -0.1) is 6.42 Å². The Morgan fingerprint density at radius 2 is 2.29 bits per heavy atom. The van der Waals surface area contributed by atoms with Gasteiger partial charge in [-0.2, -0.15) is 0 Å². The number of nitrogens with two attached hydrogens (primary N) is 1. The molecule has 0 aromatic rings. The molecule has 0 spiro atoms. The van der Waals surface area contributed by atoms with Crippen LogP contribution in [0.4, 0.5) is 0 Å². The molecule has 0 amide bonds. The van der Waals surface area contributed by atoms with E-state index in [0.717, 1.165) is 6.42 Å². The fraction of sp³-hybridized carbons (Fsp3) is 0.700. The van der Waals surface area contributed by atoms with Crippen LogP contribution in [0.5, 0.6) is 0 Å². The van der Waals surface area contributed by atoms with Crippen molar-refractivity contribution in [3.63, 3.8) is 0 Å². The molecular formula is C10H19N3O. The highest BCUT2D eigenvalue weighted by Crippen LogP contribution is 2.06. The fourth-order valence-corrected chi connectivity index (χ4v) is 1.14. The second-order valence-electron chi connectivity index (χ2n) is 3.81. The Bertz CT molecular complexity index is 240. The van der Waals surface area contributed by atoms with E-state index in [1.807, 2.05) is 20.8 Å². The quantitative estimate of drug-likeness (QED) is 0.202. The van der Waals surface area contributed by atoms with E-state index in [1.165, 1.54) is 0 Å². The van der Waals surface area contributed by atoms with Crippen LogP contribution < -0.4 is 11.1 Å². The molecular weight excluding hydrogens is 178 g/mol. The summed E-state index contributed by atoms with van der Waals surface area (Å²) in [6, 6.07) is 0.136.